The second kappa shape index (κ2) is 110. The summed E-state index contributed by atoms with van der Waals surface area (Å²) in [6, 6.07) is 0. The maximum atomic E-state index is 8.58. The minimum absolute atomic E-state index is 0. The van der Waals surface area contributed by atoms with E-state index in [0.29, 0.717) is 0 Å². The van der Waals surface area contributed by atoms with Crippen molar-refractivity contribution in [2.75, 3.05) is 0 Å². The van der Waals surface area contributed by atoms with Gasteiger partial charge >= 0.3 is 0 Å². The molecule has 0 heterocycles. The van der Waals surface area contributed by atoms with Crippen LogP contribution >= 0.6 is 0 Å². The zero-order chi connectivity index (χ0) is 2.71. The van der Waals surface area contributed by atoms with Gasteiger partial charge in [0.2, 0.25) is 6.41 Å². The number of primary amides is 1. The van der Waals surface area contributed by atoms with Crippen molar-refractivity contribution in [2.45, 2.75) is 0 Å². The molecule has 0 aromatic rings. The van der Waals surface area contributed by atoms with Crippen LogP contribution in [-0.2, 0) is 4.79 Å². The highest BCUT2D eigenvalue weighted by atomic mass is 16.1. The molecule has 0 saturated carbocycles. The van der Waals surface area contributed by atoms with E-state index in [9.17, 15) is 0 Å². The Balaban J connectivity index is -0.0000000200. The molecule has 3 nitrogen and oxygen atoms in total. The molecule has 0 aliphatic rings. The number of hydrogen-bond donors (Lipinski definition) is 1. The molecule has 0 rings (SSSR count). The maximum Gasteiger partial charge on any atom is 0.204 e. The summed E-state index contributed by atoms with van der Waals surface area (Å²) < 4.78 is 0. The number of amides is 1. The Hall–Kier alpha value is -0.570. The van der Waals surface area contributed by atoms with Crippen molar-refractivity contribution in [2.24, 2.45) is 5.73 Å². The van der Waals surface area contributed by atoms with Gasteiger partial charge in [0, 0.05) is 13.6 Å². The van der Waals surface area contributed by atoms with Crippen LogP contribution in [0.3, 0.4) is 0 Å². The smallest absolute Gasteiger partial charge is 0.204 e. The first-order valence-electron chi connectivity index (χ1n) is 0.569. The molecule has 3 heteroatoms. The van der Waals surface area contributed by atoms with Crippen LogP contribution < -0.4 is 11.9 Å². The van der Waals surface area contributed by atoms with Crippen LogP contribution in [-0.4, -0.2) is 6.41 Å². The molecule has 0 spiro atoms. The molecule has 0 aromatic heterocycles. The van der Waals surface area contributed by atoms with Crippen molar-refractivity contribution in [1.29, 1.82) is 0 Å². The van der Waals surface area contributed by atoms with Crippen LogP contribution in [0, 0.1) is 7.43 Å². The predicted octanol–water partition coefficient (Wildman–Crippen LogP) is -1.30. The fourth-order valence-corrected chi connectivity index (χ4v) is 0. The topological polar surface area (TPSA) is 73.6 Å². The lowest BCUT2D eigenvalue weighted by Crippen LogP contribution is -1.82. The molecular weight excluding hydrogens is 68.0 g/mol. The van der Waals surface area contributed by atoms with Crippen molar-refractivity contribution in [3.05, 3.63) is 7.43 Å². The second-order valence-electron chi connectivity index (χ2n) is 0.136. The molecule has 7 radical (unpaired) electrons. The summed E-state index contributed by atoms with van der Waals surface area (Å²) >= 11 is 0. The lowest BCUT2D eigenvalue weighted by molar-refractivity contribution is -0.106. The van der Waals surface area contributed by atoms with Crippen molar-refractivity contribution in [3.63, 3.8) is 0 Å². The van der Waals surface area contributed by atoms with E-state index >= 15 is 0 Å². The number of nitrogens with zero attached hydrogens (tertiary/aromatic N) is 1. The SMILES string of the molecule is NC=O.[C].[N]. The van der Waals surface area contributed by atoms with Gasteiger partial charge < -0.3 is 5.73 Å². The van der Waals surface area contributed by atoms with E-state index in [-0.39, 0.29) is 20.0 Å². The Bertz CT molecular complexity index is 15.1. The van der Waals surface area contributed by atoms with Gasteiger partial charge in [-0.15, -0.1) is 0 Å². The average molecular weight is 71.1 g/mol. The van der Waals surface area contributed by atoms with Crippen molar-refractivity contribution in [3.8, 4) is 0 Å². The third kappa shape index (κ3) is 21.6. The molecule has 0 bridgehead atoms. The number of rotatable bonds is 0. The summed E-state index contributed by atoms with van der Waals surface area (Å²) in [5.74, 6) is 0. The van der Waals surface area contributed by atoms with Gasteiger partial charge in [-0.05, 0) is 0 Å². The Kier molecular flexibility index (Phi) is 558. The molecular formula is C2H3N2O. The van der Waals surface area contributed by atoms with Crippen LogP contribution in [0.5, 0.6) is 0 Å². The summed E-state index contributed by atoms with van der Waals surface area (Å²) in [5.41, 5.74) is 4.17. The average Bonchev–Trinajstić information content (AvgIpc) is 0.918. The van der Waals surface area contributed by atoms with Crippen molar-refractivity contribution in [1.82, 2.24) is 6.15 Å². The van der Waals surface area contributed by atoms with Crippen LogP contribution in [0.1, 0.15) is 0 Å². The van der Waals surface area contributed by atoms with Gasteiger partial charge in [-0.25, -0.2) is 0 Å². The quantitative estimate of drug-likeness (QED) is 0.354. The standard InChI is InChI=1S/CH3NO.C.N/c2-1-3;;/h1H,(H2,2,3);;. The second-order valence-corrected chi connectivity index (χ2v) is 0.136. The van der Waals surface area contributed by atoms with Crippen molar-refractivity contribution >= 4 is 6.41 Å². The van der Waals surface area contributed by atoms with Crippen LogP contribution in [0.4, 0.5) is 0 Å². The highest BCUT2D eigenvalue weighted by Crippen LogP contribution is 0.798. The van der Waals surface area contributed by atoms with Gasteiger partial charge in [-0.1, -0.05) is 0 Å². The molecule has 27 valence electrons. The number of hydrogen-bond acceptors (Lipinski definition) is 1. The van der Waals surface area contributed by atoms with Gasteiger partial charge in [0.15, 0.2) is 0 Å². The number of carbonyl (C=O) groups is 1. The largest absolute Gasteiger partial charge is 0.372 e. The monoisotopic (exact) mass is 71.0 g/mol. The van der Waals surface area contributed by atoms with E-state index in [0.717, 1.165) is 0 Å². The number of carbonyl (C=O) groups excluding carboxylic acids is 1. The summed E-state index contributed by atoms with van der Waals surface area (Å²) in [6.45, 7) is 0. The van der Waals surface area contributed by atoms with Gasteiger partial charge in [0.25, 0.3) is 0 Å². The highest BCUT2D eigenvalue weighted by molar-refractivity contribution is 5.42. The maximum absolute atomic E-state index is 8.58. The highest BCUT2D eigenvalue weighted by Gasteiger charge is 1.19. The van der Waals surface area contributed by atoms with E-state index in [1.165, 1.54) is 0 Å². The van der Waals surface area contributed by atoms with E-state index in [2.05, 4.69) is 5.73 Å². The Morgan fingerprint density at radius 3 is 1.60 bits per heavy atom. The lowest BCUT2D eigenvalue weighted by Gasteiger charge is -1.32. The molecule has 0 aliphatic carbocycles. The molecule has 0 unspecified atom stereocenters. The molecule has 1 amide bonds. The predicted molar refractivity (Wildman–Crippen MR) is 15.6 cm³/mol. The summed E-state index contributed by atoms with van der Waals surface area (Å²) in [6.07, 6.45) is 0.250. The minimum atomic E-state index is 0. The minimum Gasteiger partial charge on any atom is -0.372 e. The van der Waals surface area contributed by atoms with Crippen LogP contribution in [0.2, 0.25) is 0 Å². The third-order valence-electron chi connectivity index (χ3n) is 0. The Labute approximate surface area is 31.7 Å². The summed E-state index contributed by atoms with van der Waals surface area (Å²) in [5, 5.41) is 0. The van der Waals surface area contributed by atoms with Crippen molar-refractivity contribution < 1.29 is 4.79 Å². The lowest BCUT2D eigenvalue weighted by atomic mass is 11.5. The first-order chi connectivity index (χ1) is 1.41. The van der Waals surface area contributed by atoms with E-state index in [1.807, 2.05) is 0 Å². The zero-order valence-electron chi connectivity index (χ0n) is 2.51. The van der Waals surface area contributed by atoms with E-state index in [4.69, 9.17) is 4.79 Å². The van der Waals surface area contributed by atoms with Gasteiger partial charge in [0.05, 0.1) is 0 Å². The van der Waals surface area contributed by atoms with Crippen LogP contribution in [0.15, 0.2) is 0 Å². The summed E-state index contributed by atoms with van der Waals surface area (Å²) in [7, 11) is 0. The molecule has 2 N–H and O–H groups in total. The zero-order valence-corrected chi connectivity index (χ0v) is 2.51. The van der Waals surface area contributed by atoms with E-state index < -0.39 is 0 Å². The summed E-state index contributed by atoms with van der Waals surface area (Å²) in [4.78, 5) is 8.58. The Morgan fingerprint density at radius 2 is 1.60 bits per heavy atom. The van der Waals surface area contributed by atoms with Gasteiger partial charge in [-0.2, -0.15) is 0 Å². The van der Waals surface area contributed by atoms with E-state index in [1.54, 1.807) is 0 Å². The molecule has 0 aromatic carbocycles. The fourth-order valence-electron chi connectivity index (χ4n) is 0. The Morgan fingerprint density at radius 1 is 1.60 bits per heavy atom. The molecule has 0 aliphatic heterocycles. The molecule has 0 atom stereocenters. The fraction of sp³-hybridized carbons (Fsp3) is 0. The third-order valence-corrected chi connectivity index (χ3v) is 0. The molecule has 0 fully saturated rings. The van der Waals surface area contributed by atoms with Gasteiger partial charge in [0.1, 0.15) is 0 Å². The molecule has 0 saturated heterocycles. The normalized spacial score (nSPS) is 2.40. The van der Waals surface area contributed by atoms with Crippen LogP contribution in [0.25, 0.3) is 0 Å². The van der Waals surface area contributed by atoms with Gasteiger partial charge in [-0.3, -0.25) is 4.79 Å². The first-order valence-corrected chi connectivity index (χ1v) is 0.569. The first kappa shape index (κ1) is 25.5. The molecule has 5 heavy (non-hydrogen) atoms. The number of nitrogens with two attached hydrogens (primary N) is 1.